The van der Waals surface area contributed by atoms with Gasteiger partial charge < -0.3 is 10.5 Å². The van der Waals surface area contributed by atoms with Gasteiger partial charge in [0.05, 0.1) is 28.3 Å². The number of halogens is 1. The Balaban J connectivity index is 2.39. The van der Waals surface area contributed by atoms with Crippen molar-refractivity contribution >= 4 is 27.3 Å². The summed E-state index contributed by atoms with van der Waals surface area (Å²) in [4.78, 5) is 0.171. The second-order valence-electron chi connectivity index (χ2n) is 4.96. The van der Waals surface area contributed by atoms with Crippen molar-refractivity contribution in [1.82, 2.24) is 4.31 Å². The first-order chi connectivity index (χ1) is 9.36. The fourth-order valence-corrected chi connectivity index (χ4v) is 4.26. The van der Waals surface area contributed by atoms with Crippen molar-refractivity contribution in [2.45, 2.75) is 37.3 Å². The lowest BCUT2D eigenvalue weighted by Crippen LogP contribution is -2.51. The number of hydrogen-bond acceptors (Lipinski definition) is 4. The molecule has 1 aliphatic heterocycles. The van der Waals surface area contributed by atoms with Crippen LogP contribution in [0.25, 0.3) is 0 Å². The largest absolute Gasteiger partial charge is 0.398 e. The molecule has 1 aromatic carbocycles. The van der Waals surface area contributed by atoms with E-state index in [1.807, 2.05) is 13.8 Å². The molecule has 2 N–H and O–H groups in total. The third kappa shape index (κ3) is 2.93. The minimum absolute atomic E-state index is 0.114. The van der Waals surface area contributed by atoms with Gasteiger partial charge >= 0.3 is 0 Å². The molecule has 1 saturated heterocycles. The van der Waals surface area contributed by atoms with Crippen LogP contribution < -0.4 is 5.73 Å². The number of anilines is 1. The van der Waals surface area contributed by atoms with E-state index in [2.05, 4.69) is 0 Å². The van der Waals surface area contributed by atoms with Crippen molar-refractivity contribution in [3.05, 3.63) is 23.2 Å². The first kappa shape index (κ1) is 15.6. The average Bonchev–Trinajstić information content (AvgIpc) is 2.41. The van der Waals surface area contributed by atoms with Gasteiger partial charge in [-0.1, -0.05) is 18.5 Å². The standard InChI is InChI=1S/C13H19ClN2O3S/c1-3-10-8-19-9(2)7-16(10)20(17,18)11-4-5-13(15)12(14)6-11/h4-6,9-10H,3,7-8,15H2,1-2H3. The molecular formula is C13H19ClN2O3S. The third-order valence-electron chi connectivity index (χ3n) is 3.47. The predicted octanol–water partition coefficient (Wildman–Crippen LogP) is 2.11. The summed E-state index contributed by atoms with van der Waals surface area (Å²) in [6, 6.07) is 4.26. The summed E-state index contributed by atoms with van der Waals surface area (Å²) in [6.07, 6.45) is 0.589. The Kier molecular flexibility index (Phi) is 4.59. The predicted molar refractivity (Wildman–Crippen MR) is 79.2 cm³/mol. The Hall–Kier alpha value is -0.820. The molecule has 0 aliphatic carbocycles. The summed E-state index contributed by atoms with van der Waals surface area (Å²) in [6.45, 7) is 4.58. The summed E-state index contributed by atoms with van der Waals surface area (Å²) in [5.74, 6) is 0. The molecule has 2 atom stereocenters. The minimum Gasteiger partial charge on any atom is -0.398 e. The van der Waals surface area contributed by atoms with Gasteiger partial charge in [-0.3, -0.25) is 0 Å². The van der Waals surface area contributed by atoms with Gasteiger partial charge in [0.2, 0.25) is 10.0 Å². The lowest BCUT2D eigenvalue weighted by molar-refractivity contribution is -0.0230. The van der Waals surface area contributed by atoms with Gasteiger partial charge in [-0.25, -0.2) is 8.42 Å². The number of ether oxygens (including phenoxy) is 1. The summed E-state index contributed by atoms with van der Waals surface area (Å²) in [5.41, 5.74) is 5.99. The van der Waals surface area contributed by atoms with Crippen LogP contribution >= 0.6 is 11.6 Å². The highest BCUT2D eigenvalue weighted by molar-refractivity contribution is 7.89. The molecule has 0 spiro atoms. The number of hydrogen-bond donors (Lipinski definition) is 1. The lowest BCUT2D eigenvalue weighted by atomic mass is 10.2. The zero-order chi connectivity index (χ0) is 14.9. The average molecular weight is 319 g/mol. The van der Waals surface area contributed by atoms with Crippen LogP contribution in [0.4, 0.5) is 5.69 Å². The van der Waals surface area contributed by atoms with Gasteiger partial charge in [0, 0.05) is 12.6 Å². The molecule has 2 rings (SSSR count). The maximum Gasteiger partial charge on any atom is 0.243 e. The van der Waals surface area contributed by atoms with Gasteiger partial charge in [-0.15, -0.1) is 0 Å². The normalized spacial score (nSPS) is 24.8. The minimum atomic E-state index is -3.58. The van der Waals surface area contributed by atoms with Crippen molar-refractivity contribution < 1.29 is 13.2 Å². The van der Waals surface area contributed by atoms with Gasteiger partial charge in [-0.05, 0) is 31.5 Å². The molecule has 0 bridgehead atoms. The number of morpholine rings is 1. The fourth-order valence-electron chi connectivity index (χ4n) is 2.23. The SMILES string of the molecule is CCC1COC(C)CN1S(=O)(=O)c1ccc(N)c(Cl)c1. The molecule has 2 unspecified atom stereocenters. The first-order valence-electron chi connectivity index (χ1n) is 6.54. The molecule has 20 heavy (non-hydrogen) atoms. The first-order valence-corrected chi connectivity index (χ1v) is 8.36. The van der Waals surface area contributed by atoms with E-state index < -0.39 is 10.0 Å². The van der Waals surface area contributed by atoms with E-state index in [1.54, 1.807) is 0 Å². The Labute approximate surface area is 124 Å². The van der Waals surface area contributed by atoms with E-state index in [0.29, 0.717) is 25.3 Å². The summed E-state index contributed by atoms with van der Waals surface area (Å²) >= 11 is 5.93. The van der Waals surface area contributed by atoms with Crippen molar-refractivity contribution in [2.75, 3.05) is 18.9 Å². The highest BCUT2D eigenvalue weighted by Crippen LogP contribution is 2.28. The number of nitrogen functional groups attached to an aromatic ring is 1. The Bertz CT molecular complexity index is 591. The number of rotatable bonds is 3. The zero-order valence-electron chi connectivity index (χ0n) is 11.5. The van der Waals surface area contributed by atoms with Gasteiger partial charge in [-0.2, -0.15) is 4.31 Å². The quantitative estimate of drug-likeness (QED) is 0.866. The van der Waals surface area contributed by atoms with Crippen LogP contribution in [-0.2, 0) is 14.8 Å². The van der Waals surface area contributed by atoms with Crippen LogP contribution in [0.15, 0.2) is 23.1 Å². The maximum atomic E-state index is 12.7. The van der Waals surface area contributed by atoms with Crippen molar-refractivity contribution in [2.24, 2.45) is 0 Å². The zero-order valence-corrected chi connectivity index (χ0v) is 13.1. The molecule has 1 aliphatic rings. The Morgan fingerprint density at radius 1 is 1.50 bits per heavy atom. The second kappa shape index (κ2) is 5.89. The maximum absolute atomic E-state index is 12.7. The van der Waals surface area contributed by atoms with Crippen LogP contribution in [0.5, 0.6) is 0 Å². The van der Waals surface area contributed by atoms with E-state index in [-0.39, 0.29) is 22.1 Å². The van der Waals surface area contributed by atoms with Crippen LogP contribution in [0.1, 0.15) is 20.3 Å². The van der Waals surface area contributed by atoms with Gasteiger partial charge in [0.15, 0.2) is 0 Å². The molecule has 1 heterocycles. The van der Waals surface area contributed by atoms with E-state index >= 15 is 0 Å². The molecule has 0 aromatic heterocycles. The van der Waals surface area contributed by atoms with Crippen LogP contribution in [0.2, 0.25) is 5.02 Å². The van der Waals surface area contributed by atoms with Crippen molar-refractivity contribution in [1.29, 1.82) is 0 Å². The molecular weight excluding hydrogens is 300 g/mol. The number of benzene rings is 1. The topological polar surface area (TPSA) is 72.6 Å². The molecule has 0 amide bonds. The molecule has 1 aromatic rings. The molecule has 0 radical (unpaired) electrons. The molecule has 112 valence electrons. The molecule has 0 saturated carbocycles. The van der Waals surface area contributed by atoms with Crippen LogP contribution in [0.3, 0.4) is 0 Å². The van der Waals surface area contributed by atoms with Gasteiger partial charge in [0.25, 0.3) is 0 Å². The summed E-state index contributed by atoms with van der Waals surface area (Å²) in [5, 5.41) is 0.250. The molecule has 7 heteroatoms. The van der Waals surface area contributed by atoms with E-state index in [0.717, 1.165) is 0 Å². The van der Waals surface area contributed by atoms with Crippen LogP contribution in [0, 0.1) is 0 Å². The van der Waals surface area contributed by atoms with Gasteiger partial charge in [0.1, 0.15) is 0 Å². The monoisotopic (exact) mass is 318 g/mol. The Morgan fingerprint density at radius 3 is 2.80 bits per heavy atom. The van der Waals surface area contributed by atoms with Crippen molar-refractivity contribution in [3.8, 4) is 0 Å². The Morgan fingerprint density at radius 2 is 2.20 bits per heavy atom. The van der Waals surface area contributed by atoms with Crippen molar-refractivity contribution in [3.63, 3.8) is 0 Å². The lowest BCUT2D eigenvalue weighted by Gasteiger charge is -2.37. The van der Waals surface area contributed by atoms with E-state index in [4.69, 9.17) is 22.1 Å². The highest BCUT2D eigenvalue weighted by Gasteiger charge is 2.35. The van der Waals surface area contributed by atoms with Crippen LogP contribution in [-0.4, -0.2) is 38.0 Å². The fraction of sp³-hybridized carbons (Fsp3) is 0.538. The molecule has 5 nitrogen and oxygen atoms in total. The third-order valence-corrected chi connectivity index (χ3v) is 5.71. The summed E-state index contributed by atoms with van der Waals surface area (Å²) < 4.78 is 32.5. The smallest absolute Gasteiger partial charge is 0.243 e. The molecule has 1 fully saturated rings. The second-order valence-corrected chi connectivity index (χ2v) is 7.26. The number of nitrogens with two attached hydrogens (primary N) is 1. The summed E-state index contributed by atoms with van der Waals surface area (Å²) in [7, 11) is -3.58. The van der Waals surface area contributed by atoms with E-state index in [1.165, 1.54) is 22.5 Å². The highest BCUT2D eigenvalue weighted by atomic mass is 35.5. The van der Waals surface area contributed by atoms with E-state index in [9.17, 15) is 8.42 Å². The number of sulfonamides is 1. The number of nitrogens with zero attached hydrogens (tertiary/aromatic N) is 1.